The van der Waals surface area contributed by atoms with E-state index in [2.05, 4.69) is 4.74 Å². The number of benzene rings is 1. The molecule has 3 nitrogen and oxygen atoms in total. The molecular weight excluding hydrogens is 304 g/mol. The van der Waals surface area contributed by atoms with E-state index in [-0.39, 0.29) is 10.6 Å². The summed E-state index contributed by atoms with van der Waals surface area (Å²) in [4.78, 5) is 11.0. The second kappa shape index (κ2) is 4.97. The van der Waals surface area contributed by atoms with Crippen LogP contribution in [0.1, 0.15) is 13.9 Å². The van der Waals surface area contributed by atoms with Crippen molar-refractivity contribution in [1.29, 1.82) is 0 Å². The van der Waals surface area contributed by atoms with Crippen molar-refractivity contribution in [3.8, 4) is 5.75 Å². The lowest BCUT2D eigenvalue weighted by molar-refractivity contribution is -0.187. The summed E-state index contributed by atoms with van der Waals surface area (Å²) in [5, 5.41) is 8.69. The standard InChI is InChI=1S/C12H7ClF4O3/c13-7-1-5-3-8(11(18)19)10(12(15,16)17)20-9(5)6(2-7)4-14/h1-3,10H,4H2,(H,18,19)/t10-/m0/s1/i4D2. The molecular formula is C12H7ClF4O3. The molecule has 1 heterocycles. The Balaban J connectivity index is 2.71. The first kappa shape index (κ1) is 12.0. The minimum absolute atomic E-state index is 0.176. The van der Waals surface area contributed by atoms with Crippen molar-refractivity contribution in [2.45, 2.75) is 18.9 Å². The van der Waals surface area contributed by atoms with Crippen molar-refractivity contribution in [2.24, 2.45) is 0 Å². The van der Waals surface area contributed by atoms with Crippen LogP contribution in [0.15, 0.2) is 17.7 Å². The fraction of sp³-hybridized carbons (Fsp3) is 0.250. The molecule has 0 aromatic heterocycles. The molecule has 1 aliphatic heterocycles. The summed E-state index contributed by atoms with van der Waals surface area (Å²) in [6, 6.07) is 1.84. The van der Waals surface area contributed by atoms with Gasteiger partial charge in [-0.25, -0.2) is 9.18 Å². The highest BCUT2D eigenvalue weighted by Crippen LogP contribution is 2.40. The third-order valence-corrected chi connectivity index (χ3v) is 2.78. The van der Waals surface area contributed by atoms with E-state index >= 15 is 0 Å². The molecule has 2 rings (SSSR count). The van der Waals surface area contributed by atoms with Gasteiger partial charge < -0.3 is 9.84 Å². The summed E-state index contributed by atoms with van der Waals surface area (Å²) >= 11 is 5.65. The van der Waals surface area contributed by atoms with Crippen LogP contribution in [0.25, 0.3) is 6.08 Å². The molecule has 0 aliphatic carbocycles. The Kier molecular flexibility index (Phi) is 2.99. The Bertz CT molecular complexity index is 668. The lowest BCUT2D eigenvalue weighted by Crippen LogP contribution is -2.40. The molecule has 1 aromatic rings. The van der Waals surface area contributed by atoms with Gasteiger partial charge in [0.25, 0.3) is 0 Å². The van der Waals surface area contributed by atoms with Gasteiger partial charge in [-0.15, -0.1) is 0 Å². The molecule has 0 amide bonds. The summed E-state index contributed by atoms with van der Waals surface area (Å²) < 4.78 is 70.9. The topological polar surface area (TPSA) is 46.5 Å². The predicted molar refractivity (Wildman–Crippen MR) is 62.3 cm³/mol. The minimum Gasteiger partial charge on any atom is -0.478 e. The van der Waals surface area contributed by atoms with Gasteiger partial charge >= 0.3 is 12.1 Å². The van der Waals surface area contributed by atoms with Crippen molar-refractivity contribution in [1.82, 2.24) is 0 Å². The SMILES string of the molecule is [2H]C([2H])(F)c1cc(Cl)cc2c1O[C@H](C(F)(F)F)C(C(=O)O)=C2. The van der Waals surface area contributed by atoms with E-state index in [1.165, 1.54) is 0 Å². The number of hydrogen-bond donors (Lipinski definition) is 1. The summed E-state index contributed by atoms with van der Waals surface area (Å²) in [5.74, 6) is -2.60. The Morgan fingerprint density at radius 2 is 2.15 bits per heavy atom. The van der Waals surface area contributed by atoms with E-state index in [0.29, 0.717) is 6.08 Å². The smallest absolute Gasteiger partial charge is 0.430 e. The van der Waals surface area contributed by atoms with Crippen molar-refractivity contribution >= 4 is 23.6 Å². The molecule has 108 valence electrons. The number of rotatable bonds is 2. The minimum atomic E-state index is -5.07. The maximum absolute atomic E-state index is 13.5. The maximum atomic E-state index is 13.5. The highest BCUT2D eigenvalue weighted by atomic mass is 35.5. The van der Waals surface area contributed by atoms with Gasteiger partial charge in [0.2, 0.25) is 6.10 Å². The van der Waals surface area contributed by atoms with Crippen molar-refractivity contribution < 1.29 is 34.9 Å². The number of carboxylic acid groups (broad SMARTS) is 1. The molecule has 1 N–H and O–H groups in total. The van der Waals surface area contributed by atoms with E-state index in [1.54, 1.807) is 0 Å². The lowest BCUT2D eigenvalue weighted by atomic mass is 9.99. The Morgan fingerprint density at radius 1 is 1.50 bits per heavy atom. The largest absolute Gasteiger partial charge is 0.478 e. The summed E-state index contributed by atoms with van der Waals surface area (Å²) in [7, 11) is 0. The fourth-order valence-corrected chi connectivity index (χ4v) is 1.99. The van der Waals surface area contributed by atoms with Crippen LogP contribution < -0.4 is 4.74 Å². The first-order chi connectivity index (χ1) is 9.91. The second-order valence-corrected chi connectivity index (χ2v) is 4.35. The summed E-state index contributed by atoms with van der Waals surface area (Å²) in [5.41, 5.74) is -2.19. The van der Waals surface area contributed by atoms with Crippen LogP contribution in [0.5, 0.6) is 5.75 Å². The van der Waals surface area contributed by atoms with E-state index in [9.17, 15) is 22.4 Å². The predicted octanol–water partition coefficient (Wildman–Crippen LogP) is 3.60. The van der Waals surface area contributed by atoms with Gasteiger partial charge in [0, 0.05) is 16.1 Å². The Labute approximate surface area is 118 Å². The number of halogens is 5. The van der Waals surface area contributed by atoms with Gasteiger partial charge in [-0.1, -0.05) is 11.6 Å². The molecule has 1 aliphatic rings. The van der Waals surface area contributed by atoms with Crippen LogP contribution in [0.3, 0.4) is 0 Å². The van der Waals surface area contributed by atoms with Gasteiger partial charge in [0.05, 0.1) is 8.31 Å². The number of fused-ring (bicyclic) bond motifs is 1. The molecule has 0 unspecified atom stereocenters. The molecule has 0 spiro atoms. The van der Waals surface area contributed by atoms with Crippen molar-refractivity contribution in [3.63, 3.8) is 0 Å². The van der Waals surface area contributed by atoms with E-state index < -0.39 is 41.8 Å². The molecule has 0 radical (unpaired) electrons. The normalized spacial score (nSPS) is 20.2. The average Bonchev–Trinajstić information content (AvgIpc) is 2.33. The van der Waals surface area contributed by atoms with Crippen molar-refractivity contribution in [3.05, 3.63) is 33.9 Å². The molecule has 1 atom stereocenters. The van der Waals surface area contributed by atoms with Gasteiger partial charge in [-0.2, -0.15) is 13.2 Å². The van der Waals surface area contributed by atoms with Crippen LogP contribution >= 0.6 is 11.6 Å². The van der Waals surface area contributed by atoms with Crippen LogP contribution in [0.4, 0.5) is 17.6 Å². The zero-order valence-electron chi connectivity index (χ0n) is 11.5. The molecule has 1 aromatic carbocycles. The number of alkyl halides is 4. The monoisotopic (exact) mass is 312 g/mol. The first-order valence-corrected chi connectivity index (χ1v) is 5.50. The van der Waals surface area contributed by atoms with Crippen LogP contribution in [0.2, 0.25) is 5.02 Å². The zero-order chi connectivity index (χ0) is 16.9. The highest BCUT2D eigenvalue weighted by molar-refractivity contribution is 6.30. The Hall–Kier alpha value is -1.76. The molecule has 0 bridgehead atoms. The molecule has 8 heteroatoms. The maximum Gasteiger partial charge on any atom is 0.430 e. The van der Waals surface area contributed by atoms with E-state index in [1.807, 2.05) is 0 Å². The third-order valence-electron chi connectivity index (χ3n) is 2.56. The highest BCUT2D eigenvalue weighted by Gasteiger charge is 2.48. The van der Waals surface area contributed by atoms with Gasteiger partial charge in [0.1, 0.15) is 12.4 Å². The quantitative estimate of drug-likeness (QED) is 0.849. The molecule has 0 saturated heterocycles. The lowest BCUT2D eigenvalue weighted by Gasteiger charge is -2.28. The van der Waals surface area contributed by atoms with Crippen molar-refractivity contribution in [2.75, 3.05) is 0 Å². The van der Waals surface area contributed by atoms with Crippen LogP contribution in [-0.4, -0.2) is 23.4 Å². The van der Waals surface area contributed by atoms with Crippen LogP contribution in [-0.2, 0) is 11.4 Å². The average molecular weight is 313 g/mol. The fourth-order valence-electron chi connectivity index (χ4n) is 1.77. The summed E-state index contributed by atoms with van der Waals surface area (Å²) in [6.45, 7) is -3.51. The number of aliphatic carboxylic acids is 1. The molecule has 0 fully saturated rings. The van der Waals surface area contributed by atoms with E-state index in [0.717, 1.165) is 12.1 Å². The number of carbonyl (C=O) groups is 1. The third kappa shape index (κ3) is 2.58. The molecule has 0 saturated carbocycles. The number of hydrogen-bond acceptors (Lipinski definition) is 2. The number of ether oxygens (including phenoxy) is 1. The number of carboxylic acids is 1. The summed E-state index contributed by atoms with van der Waals surface area (Å²) in [6.07, 6.45) is -7.26. The van der Waals surface area contributed by atoms with Gasteiger partial charge in [-0.05, 0) is 18.2 Å². The van der Waals surface area contributed by atoms with Gasteiger partial charge in [0.15, 0.2) is 0 Å². The molecule has 20 heavy (non-hydrogen) atoms. The second-order valence-electron chi connectivity index (χ2n) is 3.91. The van der Waals surface area contributed by atoms with Gasteiger partial charge in [-0.3, -0.25) is 0 Å². The van der Waals surface area contributed by atoms with Crippen LogP contribution in [0, 0.1) is 0 Å². The zero-order valence-corrected chi connectivity index (χ0v) is 10.2. The Morgan fingerprint density at radius 3 is 2.65 bits per heavy atom. The van der Waals surface area contributed by atoms with E-state index in [4.69, 9.17) is 19.4 Å². The first-order valence-electron chi connectivity index (χ1n) is 6.12.